The van der Waals surface area contributed by atoms with Gasteiger partial charge in [-0.05, 0) is 12.0 Å². The minimum Gasteiger partial charge on any atom is -0.369 e. The van der Waals surface area contributed by atoms with Crippen LogP contribution in [0.5, 0.6) is 0 Å². The fraction of sp³-hybridized carbons (Fsp3) is 0.611. The molecule has 0 heterocycles. The van der Waals surface area contributed by atoms with E-state index in [0.29, 0.717) is 0 Å². The highest BCUT2D eigenvalue weighted by Gasteiger charge is 2.16. The second kappa shape index (κ2) is 10.5. The Labute approximate surface area is 123 Å². The minimum atomic E-state index is -0.195. The van der Waals surface area contributed by atoms with E-state index in [1.54, 1.807) is 0 Å². The van der Waals surface area contributed by atoms with Gasteiger partial charge in [0.15, 0.2) is 0 Å². The summed E-state index contributed by atoms with van der Waals surface area (Å²) in [6, 6.07) is 9.91. The van der Waals surface area contributed by atoms with Gasteiger partial charge in [0.25, 0.3) is 0 Å². The molecule has 1 aromatic rings. The van der Waals surface area contributed by atoms with Gasteiger partial charge in [0, 0.05) is 0 Å². The lowest BCUT2D eigenvalue weighted by atomic mass is 9.92. The molecule has 1 aromatic carbocycles. The van der Waals surface area contributed by atoms with Gasteiger partial charge < -0.3 is 5.73 Å². The molecule has 0 fully saturated rings. The van der Waals surface area contributed by atoms with E-state index in [-0.39, 0.29) is 11.8 Å². The van der Waals surface area contributed by atoms with Gasteiger partial charge in [0.05, 0.1) is 5.92 Å². The Hall–Kier alpha value is -1.31. The molecule has 2 heteroatoms. The molecule has 0 aliphatic heterocycles. The average molecular weight is 275 g/mol. The van der Waals surface area contributed by atoms with E-state index in [2.05, 4.69) is 6.92 Å². The highest BCUT2D eigenvalue weighted by Crippen LogP contribution is 2.22. The maximum Gasteiger partial charge on any atom is 0.224 e. The molecule has 1 amide bonds. The molecule has 0 bridgehead atoms. The van der Waals surface area contributed by atoms with Crippen LogP contribution in [0.4, 0.5) is 0 Å². The quantitative estimate of drug-likeness (QED) is 0.580. The van der Waals surface area contributed by atoms with Gasteiger partial charge in [-0.3, -0.25) is 4.79 Å². The van der Waals surface area contributed by atoms with Crippen molar-refractivity contribution in [1.29, 1.82) is 0 Å². The van der Waals surface area contributed by atoms with Crippen molar-refractivity contribution in [1.82, 2.24) is 0 Å². The first-order valence-corrected chi connectivity index (χ1v) is 8.10. The zero-order chi connectivity index (χ0) is 14.6. The molecule has 112 valence electrons. The Morgan fingerprint density at radius 1 is 0.950 bits per heavy atom. The second-order valence-electron chi connectivity index (χ2n) is 5.63. The van der Waals surface area contributed by atoms with Gasteiger partial charge in [0.2, 0.25) is 5.91 Å². The summed E-state index contributed by atoms with van der Waals surface area (Å²) in [6.45, 7) is 2.24. The molecule has 1 unspecified atom stereocenters. The highest BCUT2D eigenvalue weighted by atomic mass is 16.1. The number of primary amides is 1. The van der Waals surface area contributed by atoms with Crippen LogP contribution in [0, 0.1) is 0 Å². The average Bonchev–Trinajstić information content (AvgIpc) is 2.46. The monoisotopic (exact) mass is 275 g/mol. The molecule has 0 saturated heterocycles. The summed E-state index contributed by atoms with van der Waals surface area (Å²) in [5.41, 5.74) is 6.58. The SMILES string of the molecule is CCCCCCCCCCC(C(N)=O)c1ccccc1. The fourth-order valence-corrected chi connectivity index (χ4v) is 2.64. The Bertz CT molecular complexity index is 361. The van der Waals surface area contributed by atoms with Crippen LogP contribution >= 0.6 is 0 Å². The molecule has 2 N–H and O–H groups in total. The standard InChI is InChI=1S/C18H29NO/c1-2-3-4-5-6-7-8-12-15-17(18(19)20)16-13-10-9-11-14-16/h9-11,13-14,17H,2-8,12,15H2,1H3,(H2,19,20). The maximum atomic E-state index is 11.6. The van der Waals surface area contributed by atoms with Gasteiger partial charge in [-0.25, -0.2) is 0 Å². The summed E-state index contributed by atoms with van der Waals surface area (Å²) < 4.78 is 0. The van der Waals surface area contributed by atoms with Crippen molar-refractivity contribution in [3.8, 4) is 0 Å². The first-order valence-electron chi connectivity index (χ1n) is 8.10. The molecule has 20 heavy (non-hydrogen) atoms. The van der Waals surface area contributed by atoms with Crippen molar-refractivity contribution in [2.75, 3.05) is 0 Å². The number of carbonyl (C=O) groups excluding carboxylic acids is 1. The van der Waals surface area contributed by atoms with Crippen LogP contribution < -0.4 is 5.73 Å². The predicted molar refractivity (Wildman–Crippen MR) is 85.6 cm³/mol. The number of hydrogen-bond donors (Lipinski definition) is 1. The van der Waals surface area contributed by atoms with Crippen molar-refractivity contribution in [3.63, 3.8) is 0 Å². The van der Waals surface area contributed by atoms with Gasteiger partial charge in [-0.15, -0.1) is 0 Å². The molecule has 0 radical (unpaired) electrons. The number of amides is 1. The van der Waals surface area contributed by atoms with E-state index in [1.165, 1.54) is 44.9 Å². The summed E-state index contributed by atoms with van der Waals surface area (Å²) in [5, 5.41) is 0. The topological polar surface area (TPSA) is 43.1 Å². The highest BCUT2D eigenvalue weighted by molar-refractivity contribution is 5.81. The van der Waals surface area contributed by atoms with Crippen LogP contribution in [-0.4, -0.2) is 5.91 Å². The van der Waals surface area contributed by atoms with Gasteiger partial charge in [-0.1, -0.05) is 88.6 Å². The Kier molecular flexibility index (Phi) is 8.77. The lowest BCUT2D eigenvalue weighted by Gasteiger charge is -2.13. The van der Waals surface area contributed by atoms with Crippen LogP contribution in [0.2, 0.25) is 0 Å². The lowest BCUT2D eigenvalue weighted by Crippen LogP contribution is -2.21. The van der Waals surface area contributed by atoms with E-state index in [0.717, 1.165) is 18.4 Å². The fourth-order valence-electron chi connectivity index (χ4n) is 2.64. The molecule has 0 aromatic heterocycles. The van der Waals surface area contributed by atoms with E-state index < -0.39 is 0 Å². The first-order chi connectivity index (χ1) is 9.75. The smallest absolute Gasteiger partial charge is 0.224 e. The molecule has 2 nitrogen and oxygen atoms in total. The van der Waals surface area contributed by atoms with E-state index in [1.807, 2.05) is 30.3 Å². The van der Waals surface area contributed by atoms with Crippen LogP contribution in [0.25, 0.3) is 0 Å². The second-order valence-corrected chi connectivity index (χ2v) is 5.63. The number of hydrogen-bond acceptors (Lipinski definition) is 1. The largest absolute Gasteiger partial charge is 0.369 e. The zero-order valence-electron chi connectivity index (χ0n) is 12.8. The Morgan fingerprint density at radius 2 is 1.50 bits per heavy atom. The van der Waals surface area contributed by atoms with Crippen molar-refractivity contribution in [3.05, 3.63) is 35.9 Å². The summed E-state index contributed by atoms with van der Waals surface area (Å²) in [7, 11) is 0. The van der Waals surface area contributed by atoms with E-state index >= 15 is 0 Å². The Balaban J connectivity index is 2.19. The number of nitrogens with two attached hydrogens (primary N) is 1. The lowest BCUT2D eigenvalue weighted by molar-refractivity contribution is -0.119. The van der Waals surface area contributed by atoms with Gasteiger partial charge in [-0.2, -0.15) is 0 Å². The third-order valence-corrected chi connectivity index (χ3v) is 3.89. The van der Waals surface area contributed by atoms with Gasteiger partial charge in [0.1, 0.15) is 0 Å². The number of benzene rings is 1. The molecular weight excluding hydrogens is 246 g/mol. The van der Waals surface area contributed by atoms with Gasteiger partial charge >= 0.3 is 0 Å². The maximum absolute atomic E-state index is 11.6. The molecule has 0 aliphatic carbocycles. The summed E-state index contributed by atoms with van der Waals surface area (Å²) in [5.74, 6) is -0.310. The molecule has 1 atom stereocenters. The molecule has 0 saturated carbocycles. The van der Waals surface area contributed by atoms with Crippen molar-refractivity contribution in [2.45, 2.75) is 70.6 Å². The van der Waals surface area contributed by atoms with Crippen molar-refractivity contribution in [2.24, 2.45) is 5.73 Å². The number of carbonyl (C=O) groups is 1. The third-order valence-electron chi connectivity index (χ3n) is 3.89. The third kappa shape index (κ3) is 6.74. The van der Waals surface area contributed by atoms with E-state index in [9.17, 15) is 4.79 Å². The predicted octanol–water partition coefficient (Wildman–Crippen LogP) is 4.79. The number of unbranched alkanes of at least 4 members (excludes halogenated alkanes) is 7. The summed E-state index contributed by atoms with van der Waals surface area (Å²) in [6.07, 6.45) is 11.2. The molecule has 1 rings (SSSR count). The molecular formula is C18H29NO. The normalized spacial score (nSPS) is 12.2. The van der Waals surface area contributed by atoms with Crippen LogP contribution in [-0.2, 0) is 4.79 Å². The van der Waals surface area contributed by atoms with Crippen molar-refractivity contribution >= 4 is 5.91 Å². The Morgan fingerprint density at radius 3 is 2.05 bits per heavy atom. The molecule has 0 aliphatic rings. The summed E-state index contributed by atoms with van der Waals surface area (Å²) in [4.78, 5) is 11.6. The summed E-state index contributed by atoms with van der Waals surface area (Å²) >= 11 is 0. The molecule has 0 spiro atoms. The van der Waals surface area contributed by atoms with Crippen LogP contribution in [0.3, 0.4) is 0 Å². The number of rotatable bonds is 11. The zero-order valence-corrected chi connectivity index (χ0v) is 12.8. The first kappa shape index (κ1) is 16.7. The minimum absolute atomic E-state index is 0.115. The van der Waals surface area contributed by atoms with Crippen LogP contribution in [0.15, 0.2) is 30.3 Å². The van der Waals surface area contributed by atoms with E-state index in [4.69, 9.17) is 5.73 Å². The van der Waals surface area contributed by atoms with Crippen LogP contribution in [0.1, 0.15) is 76.2 Å². The van der Waals surface area contributed by atoms with Crippen molar-refractivity contribution < 1.29 is 4.79 Å².